The Balaban J connectivity index is 1.45. The van der Waals surface area contributed by atoms with Crippen LogP contribution in [0.4, 0.5) is 11.8 Å². The van der Waals surface area contributed by atoms with Gasteiger partial charge in [-0.15, -0.1) is 0 Å². The van der Waals surface area contributed by atoms with Crippen LogP contribution >= 0.6 is 0 Å². The van der Waals surface area contributed by atoms with Crippen molar-refractivity contribution in [2.75, 3.05) is 42.9 Å². The number of anilines is 2. The monoisotopic (exact) mass is 365 g/mol. The molecule has 0 saturated carbocycles. The van der Waals surface area contributed by atoms with Crippen LogP contribution in [-0.4, -0.2) is 53.5 Å². The number of aromatic nitrogens is 2. The summed E-state index contributed by atoms with van der Waals surface area (Å²) in [5.74, 6) is 1.87. The molecule has 1 aromatic carbocycles. The molecule has 1 aliphatic heterocycles. The molecule has 27 heavy (non-hydrogen) atoms. The zero-order chi connectivity index (χ0) is 18.8. The molecule has 0 radical (unpaired) electrons. The number of furan rings is 1. The number of aryl methyl sites for hydroxylation is 1. The molecule has 2 aromatic heterocycles. The van der Waals surface area contributed by atoms with Crippen molar-refractivity contribution < 1.29 is 9.21 Å². The van der Waals surface area contributed by atoms with E-state index in [2.05, 4.69) is 20.2 Å². The van der Waals surface area contributed by atoms with Crippen molar-refractivity contribution in [1.82, 2.24) is 14.9 Å². The second-order valence-electron chi connectivity index (χ2n) is 6.65. The van der Waals surface area contributed by atoms with Crippen LogP contribution in [0.3, 0.4) is 0 Å². The lowest BCUT2D eigenvalue weighted by Gasteiger charge is -2.34. The minimum Gasteiger partial charge on any atom is -0.451 e. The van der Waals surface area contributed by atoms with Gasteiger partial charge in [0, 0.05) is 49.9 Å². The minimum absolute atomic E-state index is 0.0654. The van der Waals surface area contributed by atoms with E-state index in [1.54, 1.807) is 0 Å². The van der Waals surface area contributed by atoms with E-state index in [1.807, 2.05) is 55.1 Å². The molecule has 0 bridgehead atoms. The van der Waals surface area contributed by atoms with Crippen molar-refractivity contribution in [3.63, 3.8) is 0 Å². The van der Waals surface area contributed by atoms with Crippen LogP contribution in [0.2, 0.25) is 0 Å². The van der Waals surface area contributed by atoms with E-state index in [-0.39, 0.29) is 5.91 Å². The van der Waals surface area contributed by atoms with Gasteiger partial charge in [-0.05, 0) is 26.0 Å². The van der Waals surface area contributed by atoms with Gasteiger partial charge in [0.25, 0.3) is 5.91 Å². The molecular formula is C20H23N5O2. The van der Waals surface area contributed by atoms with Gasteiger partial charge in [0.2, 0.25) is 5.95 Å². The molecule has 7 nitrogen and oxygen atoms in total. The van der Waals surface area contributed by atoms with Gasteiger partial charge in [-0.3, -0.25) is 4.79 Å². The number of nitrogens with one attached hydrogen (secondary N) is 1. The zero-order valence-corrected chi connectivity index (χ0v) is 15.6. The van der Waals surface area contributed by atoms with E-state index < -0.39 is 0 Å². The average Bonchev–Trinajstić information content (AvgIpc) is 3.11. The lowest BCUT2D eigenvalue weighted by molar-refractivity contribution is 0.0716. The predicted octanol–water partition coefficient (Wildman–Crippen LogP) is 2.93. The van der Waals surface area contributed by atoms with Gasteiger partial charge in [0.1, 0.15) is 11.4 Å². The fourth-order valence-corrected chi connectivity index (χ4v) is 3.32. The molecule has 1 N–H and O–H groups in total. The van der Waals surface area contributed by atoms with Crippen molar-refractivity contribution in [1.29, 1.82) is 0 Å². The number of piperazine rings is 1. The van der Waals surface area contributed by atoms with Crippen molar-refractivity contribution in [3.05, 3.63) is 47.9 Å². The molecule has 140 valence electrons. The number of carbonyl (C=O) groups is 1. The van der Waals surface area contributed by atoms with E-state index in [0.29, 0.717) is 37.9 Å². The van der Waals surface area contributed by atoms with E-state index in [0.717, 1.165) is 29.0 Å². The first kappa shape index (κ1) is 17.3. The number of amides is 1. The van der Waals surface area contributed by atoms with Crippen LogP contribution in [0, 0.1) is 6.92 Å². The molecule has 0 aliphatic carbocycles. The molecule has 0 spiro atoms. The maximum absolute atomic E-state index is 12.8. The van der Waals surface area contributed by atoms with Crippen LogP contribution in [0.25, 0.3) is 11.0 Å². The standard InChI is InChI=1S/C20H23N5O2/c1-3-21-18-12-14(2)22-20(23-18)25-10-8-24(9-11-25)19(26)17-13-15-6-4-5-7-16(15)27-17/h4-7,12-13H,3,8-11H2,1-2H3,(H,21,22,23). The summed E-state index contributed by atoms with van der Waals surface area (Å²) in [5, 5.41) is 4.18. The lowest BCUT2D eigenvalue weighted by atomic mass is 10.2. The largest absolute Gasteiger partial charge is 0.451 e. The number of benzene rings is 1. The van der Waals surface area contributed by atoms with Crippen LogP contribution in [0.5, 0.6) is 0 Å². The van der Waals surface area contributed by atoms with E-state index in [1.165, 1.54) is 0 Å². The molecule has 1 fully saturated rings. The normalized spacial score (nSPS) is 14.6. The first-order chi connectivity index (χ1) is 13.1. The van der Waals surface area contributed by atoms with E-state index in [9.17, 15) is 4.79 Å². The Kier molecular flexibility index (Phi) is 4.66. The molecule has 7 heteroatoms. The van der Waals surface area contributed by atoms with Crippen molar-refractivity contribution >= 4 is 28.6 Å². The van der Waals surface area contributed by atoms with Crippen molar-refractivity contribution in [3.8, 4) is 0 Å². The summed E-state index contributed by atoms with van der Waals surface area (Å²) in [6.45, 7) is 7.44. The highest BCUT2D eigenvalue weighted by atomic mass is 16.3. The van der Waals surface area contributed by atoms with Crippen LogP contribution in [0.1, 0.15) is 23.2 Å². The van der Waals surface area contributed by atoms with Crippen LogP contribution in [0.15, 0.2) is 40.8 Å². The molecule has 0 atom stereocenters. The van der Waals surface area contributed by atoms with Gasteiger partial charge in [-0.1, -0.05) is 18.2 Å². The maximum Gasteiger partial charge on any atom is 0.289 e. The smallest absolute Gasteiger partial charge is 0.289 e. The minimum atomic E-state index is -0.0654. The average molecular weight is 365 g/mol. The predicted molar refractivity (Wildman–Crippen MR) is 105 cm³/mol. The molecule has 1 saturated heterocycles. The number of carbonyl (C=O) groups excluding carboxylic acids is 1. The summed E-state index contributed by atoms with van der Waals surface area (Å²) in [6.07, 6.45) is 0. The van der Waals surface area contributed by atoms with Gasteiger partial charge in [0.15, 0.2) is 5.76 Å². The number of fused-ring (bicyclic) bond motifs is 1. The summed E-state index contributed by atoms with van der Waals surface area (Å²) in [6, 6.07) is 11.4. The Morgan fingerprint density at radius 1 is 1.15 bits per heavy atom. The SMILES string of the molecule is CCNc1cc(C)nc(N2CCN(C(=O)c3cc4ccccc4o3)CC2)n1. The summed E-state index contributed by atoms with van der Waals surface area (Å²) in [4.78, 5) is 25.9. The van der Waals surface area contributed by atoms with Crippen LogP contribution < -0.4 is 10.2 Å². The number of nitrogens with zero attached hydrogens (tertiary/aromatic N) is 4. The molecule has 3 heterocycles. The Labute approximate surface area is 158 Å². The fraction of sp³-hybridized carbons (Fsp3) is 0.350. The molecule has 1 aliphatic rings. The summed E-state index contributed by atoms with van der Waals surface area (Å²) in [5.41, 5.74) is 1.67. The first-order valence-corrected chi connectivity index (χ1v) is 9.26. The van der Waals surface area contributed by atoms with E-state index in [4.69, 9.17) is 4.42 Å². The molecule has 3 aromatic rings. The van der Waals surface area contributed by atoms with Gasteiger partial charge in [-0.25, -0.2) is 4.98 Å². The van der Waals surface area contributed by atoms with E-state index >= 15 is 0 Å². The molecular weight excluding hydrogens is 342 g/mol. The lowest BCUT2D eigenvalue weighted by Crippen LogP contribution is -2.49. The van der Waals surface area contributed by atoms with Gasteiger partial charge in [0.05, 0.1) is 0 Å². The van der Waals surface area contributed by atoms with Crippen molar-refractivity contribution in [2.45, 2.75) is 13.8 Å². The maximum atomic E-state index is 12.8. The van der Waals surface area contributed by atoms with Crippen LogP contribution in [-0.2, 0) is 0 Å². The van der Waals surface area contributed by atoms with Gasteiger partial charge >= 0.3 is 0 Å². The Morgan fingerprint density at radius 2 is 1.93 bits per heavy atom. The molecule has 4 rings (SSSR count). The Hall–Kier alpha value is -3.09. The highest BCUT2D eigenvalue weighted by molar-refractivity contribution is 5.96. The Bertz CT molecular complexity index is 927. The second kappa shape index (κ2) is 7.26. The number of hydrogen-bond donors (Lipinski definition) is 1. The molecule has 0 unspecified atom stereocenters. The molecule has 1 amide bonds. The Morgan fingerprint density at radius 3 is 2.67 bits per heavy atom. The first-order valence-electron chi connectivity index (χ1n) is 9.26. The quantitative estimate of drug-likeness (QED) is 0.766. The number of para-hydroxylation sites is 1. The van der Waals surface area contributed by atoms with Gasteiger partial charge < -0.3 is 19.5 Å². The highest BCUT2D eigenvalue weighted by Crippen LogP contribution is 2.21. The summed E-state index contributed by atoms with van der Waals surface area (Å²) >= 11 is 0. The second-order valence-corrected chi connectivity index (χ2v) is 6.65. The zero-order valence-electron chi connectivity index (χ0n) is 15.6. The third-order valence-corrected chi connectivity index (χ3v) is 4.69. The van der Waals surface area contributed by atoms with Gasteiger partial charge in [-0.2, -0.15) is 4.98 Å². The fourth-order valence-electron chi connectivity index (χ4n) is 3.32. The third kappa shape index (κ3) is 3.58. The number of rotatable bonds is 4. The topological polar surface area (TPSA) is 74.5 Å². The summed E-state index contributed by atoms with van der Waals surface area (Å²) < 4.78 is 5.72. The van der Waals surface area contributed by atoms with Crippen molar-refractivity contribution in [2.24, 2.45) is 0 Å². The summed E-state index contributed by atoms with van der Waals surface area (Å²) in [7, 11) is 0. The number of hydrogen-bond acceptors (Lipinski definition) is 6. The highest BCUT2D eigenvalue weighted by Gasteiger charge is 2.25. The third-order valence-electron chi connectivity index (χ3n) is 4.69.